The van der Waals surface area contributed by atoms with Gasteiger partial charge in [0.2, 0.25) is 6.34 Å². The predicted molar refractivity (Wildman–Crippen MR) is 104 cm³/mol. The third kappa shape index (κ3) is 2.86. The van der Waals surface area contributed by atoms with Crippen molar-refractivity contribution in [3.8, 4) is 0 Å². The van der Waals surface area contributed by atoms with Crippen LogP contribution in [0.1, 0.15) is 40.3 Å². The molecule has 0 saturated carbocycles. The maximum absolute atomic E-state index is 2.45. The Labute approximate surface area is 146 Å². The van der Waals surface area contributed by atoms with Crippen LogP contribution in [0.2, 0.25) is 0 Å². The third-order valence-electron chi connectivity index (χ3n) is 5.02. The molecule has 1 unspecified atom stereocenters. The largest absolute Gasteiger partial charge is 0.245 e. The highest BCUT2D eigenvalue weighted by atomic mass is 15.3. The highest BCUT2D eigenvalue weighted by molar-refractivity contribution is 5.82. The van der Waals surface area contributed by atoms with Gasteiger partial charge in [-0.05, 0) is 70.7 Å². The van der Waals surface area contributed by atoms with E-state index in [1.807, 2.05) is 0 Å². The van der Waals surface area contributed by atoms with E-state index in [0.29, 0.717) is 6.04 Å². The van der Waals surface area contributed by atoms with E-state index in [0.717, 1.165) is 6.54 Å². The van der Waals surface area contributed by atoms with Crippen LogP contribution in [0.4, 0.5) is 11.4 Å². The van der Waals surface area contributed by atoms with Crippen molar-refractivity contribution >= 4 is 17.7 Å². The van der Waals surface area contributed by atoms with Gasteiger partial charge in [0.15, 0.2) is 0 Å². The van der Waals surface area contributed by atoms with E-state index in [2.05, 4.69) is 88.5 Å². The standard InChI is InChI=1S/C22H29N2/c1-14-8-16(3)21(17(4)9-14)23-12-20(7)24(13-23)22-18(5)10-15(2)11-19(22)6/h8-11,13,20H,12H2,1-7H3/q+1. The molecule has 2 aromatic rings. The Morgan fingerprint density at radius 2 is 1.25 bits per heavy atom. The van der Waals surface area contributed by atoms with Crippen LogP contribution < -0.4 is 4.90 Å². The summed E-state index contributed by atoms with van der Waals surface area (Å²) in [6.07, 6.45) is 2.31. The van der Waals surface area contributed by atoms with Gasteiger partial charge in [-0.1, -0.05) is 35.4 Å². The first-order chi connectivity index (χ1) is 11.3. The van der Waals surface area contributed by atoms with Crippen molar-refractivity contribution in [2.45, 2.75) is 54.5 Å². The normalized spacial score (nSPS) is 17.4. The molecule has 1 heterocycles. The molecular weight excluding hydrogens is 292 g/mol. The van der Waals surface area contributed by atoms with Crippen molar-refractivity contribution < 1.29 is 4.58 Å². The average molecular weight is 321 g/mol. The molecule has 2 aromatic carbocycles. The molecule has 0 saturated heterocycles. The van der Waals surface area contributed by atoms with Crippen LogP contribution in [0.5, 0.6) is 0 Å². The molecule has 0 fully saturated rings. The molecule has 1 atom stereocenters. The first kappa shape index (κ1) is 16.8. The fourth-order valence-electron chi connectivity index (χ4n) is 4.32. The summed E-state index contributed by atoms with van der Waals surface area (Å²) in [5.74, 6) is 0. The van der Waals surface area contributed by atoms with Crippen molar-refractivity contribution in [2.75, 3.05) is 11.4 Å². The quantitative estimate of drug-likeness (QED) is 0.696. The van der Waals surface area contributed by atoms with Gasteiger partial charge in [0, 0.05) is 0 Å². The van der Waals surface area contributed by atoms with Gasteiger partial charge in [0.25, 0.3) is 0 Å². The van der Waals surface area contributed by atoms with E-state index in [9.17, 15) is 0 Å². The minimum absolute atomic E-state index is 0.463. The average Bonchev–Trinajstić information content (AvgIpc) is 2.78. The second-order valence-corrected chi connectivity index (χ2v) is 7.52. The summed E-state index contributed by atoms with van der Waals surface area (Å²) in [6, 6.07) is 9.60. The second kappa shape index (κ2) is 6.08. The Balaban J connectivity index is 2.08. The maximum atomic E-state index is 2.45. The van der Waals surface area contributed by atoms with Gasteiger partial charge in [-0.25, -0.2) is 9.48 Å². The molecule has 2 heteroatoms. The Morgan fingerprint density at radius 1 is 0.792 bits per heavy atom. The number of aryl methyl sites for hydroxylation is 6. The molecule has 0 N–H and O–H groups in total. The van der Waals surface area contributed by atoms with E-state index in [1.54, 1.807) is 0 Å². The molecule has 0 amide bonds. The lowest BCUT2D eigenvalue weighted by Crippen LogP contribution is -2.29. The van der Waals surface area contributed by atoms with Gasteiger partial charge >= 0.3 is 0 Å². The van der Waals surface area contributed by atoms with Gasteiger partial charge in [-0.3, -0.25) is 0 Å². The van der Waals surface area contributed by atoms with Crippen LogP contribution in [0.3, 0.4) is 0 Å². The zero-order chi connectivity index (χ0) is 17.6. The summed E-state index contributed by atoms with van der Waals surface area (Å²) >= 11 is 0. The van der Waals surface area contributed by atoms with Crippen molar-refractivity contribution in [1.29, 1.82) is 0 Å². The molecule has 1 aliphatic heterocycles. The van der Waals surface area contributed by atoms with E-state index in [1.165, 1.54) is 44.8 Å². The molecule has 1 aliphatic rings. The van der Waals surface area contributed by atoms with Crippen LogP contribution in [-0.2, 0) is 0 Å². The number of rotatable bonds is 2. The lowest BCUT2D eigenvalue weighted by Gasteiger charge is -2.18. The van der Waals surface area contributed by atoms with E-state index in [4.69, 9.17) is 0 Å². The number of anilines is 1. The van der Waals surface area contributed by atoms with Gasteiger partial charge in [0.1, 0.15) is 24.0 Å². The lowest BCUT2D eigenvalue weighted by molar-refractivity contribution is -0.429. The molecular formula is C22H29N2+. The first-order valence-corrected chi connectivity index (χ1v) is 8.83. The predicted octanol–water partition coefficient (Wildman–Crippen LogP) is 5.12. The minimum Gasteiger partial charge on any atom is -0.229 e. The van der Waals surface area contributed by atoms with Crippen molar-refractivity contribution in [3.05, 3.63) is 57.6 Å². The summed E-state index contributed by atoms with van der Waals surface area (Å²) in [5, 5.41) is 0. The van der Waals surface area contributed by atoms with Crippen molar-refractivity contribution in [2.24, 2.45) is 0 Å². The Kier molecular flexibility index (Phi) is 4.25. The Hall–Kier alpha value is -2.09. The molecule has 24 heavy (non-hydrogen) atoms. The van der Waals surface area contributed by atoms with Crippen molar-refractivity contribution in [3.63, 3.8) is 0 Å². The van der Waals surface area contributed by atoms with Gasteiger partial charge < -0.3 is 0 Å². The van der Waals surface area contributed by atoms with Gasteiger partial charge in [-0.15, -0.1) is 0 Å². The number of hydrogen-bond donors (Lipinski definition) is 0. The molecule has 126 valence electrons. The fraction of sp³-hybridized carbons (Fsp3) is 0.409. The van der Waals surface area contributed by atoms with E-state index < -0.39 is 0 Å². The molecule has 2 nitrogen and oxygen atoms in total. The van der Waals surface area contributed by atoms with Crippen LogP contribution in [0, 0.1) is 41.5 Å². The Morgan fingerprint density at radius 3 is 1.75 bits per heavy atom. The molecule has 0 bridgehead atoms. The molecule has 3 rings (SSSR count). The SMILES string of the molecule is Cc1cc(C)c(N2C=[N+](c3c(C)cc(C)cc3C)CC2C)c(C)c1. The lowest BCUT2D eigenvalue weighted by atomic mass is 10.0. The summed E-state index contributed by atoms with van der Waals surface area (Å²) in [6.45, 7) is 16.6. The highest BCUT2D eigenvalue weighted by Crippen LogP contribution is 2.32. The van der Waals surface area contributed by atoms with Crippen LogP contribution >= 0.6 is 0 Å². The zero-order valence-corrected chi connectivity index (χ0v) is 16.1. The number of hydrogen-bond acceptors (Lipinski definition) is 1. The number of nitrogens with zero attached hydrogens (tertiary/aromatic N) is 2. The zero-order valence-electron chi connectivity index (χ0n) is 16.1. The Bertz CT molecular complexity index is 784. The molecule has 0 aromatic heterocycles. The van der Waals surface area contributed by atoms with Crippen LogP contribution in [0.25, 0.3) is 0 Å². The van der Waals surface area contributed by atoms with E-state index >= 15 is 0 Å². The summed E-state index contributed by atoms with van der Waals surface area (Å²) in [4.78, 5) is 2.45. The maximum Gasteiger partial charge on any atom is 0.245 e. The summed E-state index contributed by atoms with van der Waals surface area (Å²) in [7, 11) is 0. The van der Waals surface area contributed by atoms with Crippen molar-refractivity contribution in [1.82, 2.24) is 0 Å². The molecule has 0 spiro atoms. The second-order valence-electron chi connectivity index (χ2n) is 7.52. The smallest absolute Gasteiger partial charge is 0.229 e. The van der Waals surface area contributed by atoms with E-state index in [-0.39, 0.29) is 0 Å². The first-order valence-electron chi connectivity index (χ1n) is 8.83. The minimum atomic E-state index is 0.463. The molecule has 0 aliphatic carbocycles. The summed E-state index contributed by atoms with van der Waals surface area (Å²) < 4.78 is 2.42. The topological polar surface area (TPSA) is 6.25 Å². The number of benzene rings is 2. The van der Waals surface area contributed by atoms with Gasteiger partial charge in [-0.2, -0.15) is 0 Å². The van der Waals surface area contributed by atoms with Gasteiger partial charge in [0.05, 0.1) is 0 Å². The fourth-order valence-corrected chi connectivity index (χ4v) is 4.32. The summed E-state index contributed by atoms with van der Waals surface area (Å²) in [5.41, 5.74) is 10.8. The third-order valence-corrected chi connectivity index (χ3v) is 5.02. The molecule has 0 radical (unpaired) electrons. The highest BCUT2D eigenvalue weighted by Gasteiger charge is 2.33. The van der Waals surface area contributed by atoms with Crippen LogP contribution in [-0.4, -0.2) is 23.5 Å². The monoisotopic (exact) mass is 321 g/mol. The van der Waals surface area contributed by atoms with Crippen LogP contribution in [0.15, 0.2) is 24.3 Å².